The Morgan fingerprint density at radius 1 is 1.27 bits per heavy atom. The van der Waals surface area contributed by atoms with E-state index in [1.807, 2.05) is 13.8 Å². The van der Waals surface area contributed by atoms with Gasteiger partial charge in [0.2, 0.25) is 0 Å². The van der Waals surface area contributed by atoms with Crippen molar-refractivity contribution in [3.63, 3.8) is 0 Å². The summed E-state index contributed by atoms with van der Waals surface area (Å²) in [6.07, 6.45) is 0.462. The number of amides is 1. The van der Waals surface area contributed by atoms with Crippen molar-refractivity contribution < 1.29 is 18.9 Å². The van der Waals surface area contributed by atoms with E-state index in [4.69, 9.17) is 0 Å². The number of likely N-dealkylation sites (tertiary alicyclic amines) is 1. The number of carboxylic acids is 1. The predicted molar refractivity (Wildman–Crippen MR) is 84.2 cm³/mol. The third kappa shape index (κ3) is 3.21. The quantitative estimate of drug-likeness (QED) is 0.921. The van der Waals surface area contributed by atoms with Crippen molar-refractivity contribution in [3.8, 4) is 0 Å². The van der Waals surface area contributed by atoms with Crippen LogP contribution in [0.4, 0.5) is 0 Å². The second-order valence-electron chi connectivity index (χ2n) is 6.21. The highest BCUT2D eigenvalue weighted by molar-refractivity contribution is 7.85. The van der Waals surface area contributed by atoms with Crippen LogP contribution in [0.25, 0.3) is 0 Å². The number of nitrogens with zero attached hydrogens (tertiary/aromatic N) is 1. The summed E-state index contributed by atoms with van der Waals surface area (Å²) in [6, 6.07) is 6.73. The average molecular weight is 323 g/mol. The van der Waals surface area contributed by atoms with Crippen LogP contribution in [-0.4, -0.2) is 44.4 Å². The molecule has 2 rings (SSSR count). The normalized spacial score (nSPS) is 22.8. The molecule has 1 fully saturated rings. The Morgan fingerprint density at radius 3 is 2.32 bits per heavy atom. The Kier molecular flexibility index (Phi) is 4.70. The molecule has 22 heavy (non-hydrogen) atoms. The van der Waals surface area contributed by atoms with Gasteiger partial charge in [0.05, 0.1) is 16.2 Å². The highest BCUT2D eigenvalue weighted by Gasteiger charge is 2.42. The van der Waals surface area contributed by atoms with Gasteiger partial charge in [-0.1, -0.05) is 13.8 Å². The van der Waals surface area contributed by atoms with Crippen LogP contribution in [0.15, 0.2) is 29.2 Å². The largest absolute Gasteiger partial charge is 0.481 e. The molecular formula is C16H21NO4S. The van der Waals surface area contributed by atoms with Crippen molar-refractivity contribution in [2.75, 3.05) is 13.1 Å². The molecule has 1 amide bonds. The number of aliphatic carboxylic acids is 1. The molecule has 120 valence electrons. The lowest BCUT2D eigenvalue weighted by Crippen LogP contribution is -2.34. The minimum absolute atomic E-state index is 0.0245. The van der Waals surface area contributed by atoms with Crippen molar-refractivity contribution in [2.24, 2.45) is 5.41 Å². The summed E-state index contributed by atoms with van der Waals surface area (Å²) in [5, 5.41) is 9.24. The summed E-state index contributed by atoms with van der Waals surface area (Å²) in [4.78, 5) is 25.9. The Labute approximate surface area is 132 Å². The van der Waals surface area contributed by atoms with Crippen LogP contribution in [0, 0.1) is 5.41 Å². The lowest BCUT2D eigenvalue weighted by atomic mass is 9.90. The Hall–Kier alpha value is -1.69. The maximum Gasteiger partial charge on any atom is 0.311 e. The van der Waals surface area contributed by atoms with E-state index < -0.39 is 22.2 Å². The molecule has 0 radical (unpaired) electrons. The molecular weight excluding hydrogens is 302 g/mol. The van der Waals surface area contributed by atoms with Gasteiger partial charge >= 0.3 is 5.97 Å². The zero-order valence-electron chi connectivity index (χ0n) is 13.0. The molecule has 1 aromatic rings. The van der Waals surface area contributed by atoms with Gasteiger partial charge in [-0.2, -0.15) is 0 Å². The van der Waals surface area contributed by atoms with Crippen molar-refractivity contribution in [1.82, 2.24) is 4.90 Å². The van der Waals surface area contributed by atoms with Crippen molar-refractivity contribution >= 4 is 22.7 Å². The molecule has 1 heterocycles. The number of hydrogen-bond acceptors (Lipinski definition) is 3. The fourth-order valence-electron chi connectivity index (χ4n) is 2.50. The summed E-state index contributed by atoms with van der Waals surface area (Å²) in [7, 11) is -1.08. The molecule has 1 N–H and O–H groups in total. The van der Waals surface area contributed by atoms with Gasteiger partial charge < -0.3 is 10.0 Å². The number of carbonyl (C=O) groups is 2. The second-order valence-corrected chi connectivity index (χ2v) is 8.22. The van der Waals surface area contributed by atoms with Crippen molar-refractivity contribution in [1.29, 1.82) is 0 Å². The minimum Gasteiger partial charge on any atom is -0.481 e. The lowest BCUT2D eigenvalue weighted by molar-refractivity contribution is -0.147. The molecule has 2 atom stereocenters. The Balaban J connectivity index is 2.11. The molecule has 0 bridgehead atoms. The van der Waals surface area contributed by atoms with Gasteiger partial charge in [0, 0.05) is 28.8 Å². The van der Waals surface area contributed by atoms with Gasteiger partial charge in [0.25, 0.3) is 5.91 Å². The van der Waals surface area contributed by atoms with E-state index in [2.05, 4.69) is 0 Å². The smallest absolute Gasteiger partial charge is 0.311 e. The van der Waals surface area contributed by atoms with Crippen LogP contribution >= 0.6 is 0 Å². The van der Waals surface area contributed by atoms with Gasteiger partial charge in [-0.3, -0.25) is 13.8 Å². The van der Waals surface area contributed by atoms with E-state index in [-0.39, 0.29) is 17.7 Å². The highest BCUT2D eigenvalue weighted by Crippen LogP contribution is 2.31. The monoisotopic (exact) mass is 323 g/mol. The first-order valence-electron chi connectivity index (χ1n) is 7.28. The van der Waals surface area contributed by atoms with Gasteiger partial charge in [0.15, 0.2) is 0 Å². The number of hydrogen-bond donors (Lipinski definition) is 1. The Morgan fingerprint density at radius 2 is 1.86 bits per heavy atom. The third-order valence-electron chi connectivity index (χ3n) is 4.04. The van der Waals surface area contributed by atoms with Crippen molar-refractivity contribution in [2.45, 2.75) is 37.3 Å². The molecule has 1 aliphatic heterocycles. The predicted octanol–water partition coefficient (Wildman–Crippen LogP) is 2.14. The molecule has 0 aromatic heterocycles. The lowest BCUT2D eigenvalue weighted by Gasteiger charge is -2.20. The van der Waals surface area contributed by atoms with Crippen LogP contribution in [0.2, 0.25) is 0 Å². The Bertz CT molecular complexity index is 611. The van der Waals surface area contributed by atoms with E-state index in [0.717, 1.165) is 0 Å². The van der Waals surface area contributed by atoms with Crippen LogP contribution in [0.5, 0.6) is 0 Å². The number of rotatable bonds is 4. The zero-order valence-corrected chi connectivity index (χ0v) is 13.9. The minimum atomic E-state index is -1.08. The summed E-state index contributed by atoms with van der Waals surface area (Å²) in [5.41, 5.74) is -0.367. The molecule has 1 aliphatic rings. The van der Waals surface area contributed by atoms with Crippen molar-refractivity contribution in [3.05, 3.63) is 29.8 Å². The average Bonchev–Trinajstić information content (AvgIpc) is 2.90. The summed E-state index contributed by atoms with van der Waals surface area (Å²) in [6.45, 7) is 6.10. The first-order valence-corrected chi connectivity index (χ1v) is 8.49. The molecule has 6 heteroatoms. The van der Waals surface area contributed by atoms with Crippen LogP contribution < -0.4 is 0 Å². The summed E-state index contributed by atoms with van der Waals surface area (Å²) in [5.74, 6) is -1.04. The molecule has 0 unspecified atom stereocenters. The third-order valence-corrected chi connectivity index (χ3v) is 5.63. The van der Waals surface area contributed by atoms with Crippen LogP contribution in [-0.2, 0) is 15.6 Å². The van der Waals surface area contributed by atoms with E-state index in [1.165, 1.54) is 0 Å². The maximum absolute atomic E-state index is 12.4. The number of carbonyl (C=O) groups excluding carboxylic acids is 1. The van der Waals surface area contributed by atoms with Gasteiger partial charge in [-0.15, -0.1) is 0 Å². The van der Waals surface area contributed by atoms with E-state index in [0.29, 0.717) is 23.4 Å². The number of benzene rings is 1. The number of carboxylic acid groups (broad SMARTS) is 1. The first-order chi connectivity index (χ1) is 10.2. The summed E-state index contributed by atoms with van der Waals surface area (Å²) >= 11 is 0. The molecule has 1 saturated heterocycles. The maximum atomic E-state index is 12.4. The van der Waals surface area contributed by atoms with Gasteiger partial charge in [-0.05, 0) is 37.6 Å². The van der Waals surface area contributed by atoms with Gasteiger partial charge in [-0.25, -0.2) is 0 Å². The molecule has 0 aliphatic carbocycles. The van der Waals surface area contributed by atoms with Gasteiger partial charge in [0.1, 0.15) is 0 Å². The standard InChI is InChI=1S/C16H21NO4S/c1-11(2)22(21)13-6-4-12(5-7-13)14(18)17-9-8-16(3,10-17)15(19)20/h4-7,11H,8-10H2,1-3H3,(H,19,20)/t16-,22+/m1/s1. The first kappa shape index (κ1) is 16.7. The van der Waals surface area contributed by atoms with E-state index >= 15 is 0 Å². The SMILES string of the molecule is CC(C)[S@](=O)c1ccc(C(=O)N2CC[C@@](C)(C(=O)O)C2)cc1. The van der Waals surface area contributed by atoms with E-state index in [1.54, 1.807) is 36.1 Å². The summed E-state index contributed by atoms with van der Waals surface area (Å²) < 4.78 is 12.0. The van der Waals surface area contributed by atoms with Crippen LogP contribution in [0.1, 0.15) is 37.6 Å². The van der Waals surface area contributed by atoms with E-state index in [9.17, 15) is 18.9 Å². The second kappa shape index (κ2) is 6.20. The van der Waals surface area contributed by atoms with Crippen LogP contribution in [0.3, 0.4) is 0 Å². The zero-order chi connectivity index (χ0) is 16.5. The fraction of sp³-hybridized carbons (Fsp3) is 0.500. The topological polar surface area (TPSA) is 74.7 Å². The molecule has 1 aromatic carbocycles. The highest BCUT2D eigenvalue weighted by atomic mass is 32.2. The fourth-order valence-corrected chi connectivity index (χ4v) is 3.44. The molecule has 5 nitrogen and oxygen atoms in total. The molecule has 0 saturated carbocycles. The molecule has 0 spiro atoms.